The van der Waals surface area contributed by atoms with Gasteiger partial charge in [0.05, 0.1) is 0 Å². The molecule has 2 N–H and O–H groups in total. The largest absolute Gasteiger partial charge is 0.481 e. The van der Waals surface area contributed by atoms with Crippen molar-refractivity contribution in [3.63, 3.8) is 0 Å². The molecule has 1 aliphatic heterocycles. The third-order valence-electron chi connectivity index (χ3n) is 4.20. The molecule has 0 radical (unpaired) electrons. The molecule has 5 heteroatoms. The average Bonchev–Trinajstić information content (AvgIpc) is 3.18. The summed E-state index contributed by atoms with van der Waals surface area (Å²) < 4.78 is 0. The molecular formula is C15H26N2O3. The molecule has 114 valence electrons. The van der Waals surface area contributed by atoms with Crippen LogP contribution in [-0.2, 0) is 9.59 Å². The van der Waals surface area contributed by atoms with Crippen LogP contribution in [0, 0.1) is 17.8 Å². The van der Waals surface area contributed by atoms with Gasteiger partial charge in [-0.05, 0) is 37.6 Å². The number of aliphatic carboxylic acids is 1. The zero-order chi connectivity index (χ0) is 14.7. The minimum atomic E-state index is -0.769. The summed E-state index contributed by atoms with van der Waals surface area (Å²) in [5, 5.41) is 12.5. The number of nitrogens with zero attached hydrogens (tertiary/aromatic N) is 1. The summed E-state index contributed by atoms with van der Waals surface area (Å²) >= 11 is 0. The molecule has 2 rings (SSSR count). The maximum Gasteiger partial charge on any atom is 0.303 e. The molecule has 2 fully saturated rings. The van der Waals surface area contributed by atoms with E-state index in [1.54, 1.807) is 0 Å². The highest BCUT2D eigenvalue weighted by Gasteiger charge is 2.32. The van der Waals surface area contributed by atoms with Gasteiger partial charge >= 0.3 is 5.97 Å². The second-order valence-electron chi connectivity index (χ2n) is 6.65. The molecule has 2 aliphatic rings. The first-order chi connectivity index (χ1) is 9.45. The van der Waals surface area contributed by atoms with Crippen molar-refractivity contribution in [1.29, 1.82) is 0 Å². The highest BCUT2D eigenvalue weighted by molar-refractivity contribution is 5.78. The second kappa shape index (κ2) is 6.57. The predicted molar refractivity (Wildman–Crippen MR) is 76.3 cm³/mol. The van der Waals surface area contributed by atoms with Crippen LogP contribution in [0.15, 0.2) is 0 Å². The van der Waals surface area contributed by atoms with Gasteiger partial charge in [0.15, 0.2) is 0 Å². The van der Waals surface area contributed by atoms with E-state index < -0.39 is 5.97 Å². The van der Waals surface area contributed by atoms with Crippen LogP contribution in [0.5, 0.6) is 0 Å². The van der Waals surface area contributed by atoms with Gasteiger partial charge < -0.3 is 15.3 Å². The smallest absolute Gasteiger partial charge is 0.303 e. The number of rotatable bonds is 6. The van der Waals surface area contributed by atoms with Crippen molar-refractivity contribution in [1.82, 2.24) is 10.2 Å². The number of carboxylic acid groups (broad SMARTS) is 1. The van der Waals surface area contributed by atoms with Crippen LogP contribution in [-0.4, -0.2) is 47.6 Å². The Labute approximate surface area is 120 Å². The first-order valence-electron chi connectivity index (χ1n) is 7.69. The highest BCUT2D eigenvalue weighted by atomic mass is 16.4. The summed E-state index contributed by atoms with van der Waals surface area (Å²) in [6.45, 7) is 6.12. The molecule has 1 aliphatic carbocycles. The summed E-state index contributed by atoms with van der Waals surface area (Å²) in [6, 6.07) is 0.247. The average molecular weight is 282 g/mol. The van der Waals surface area contributed by atoms with E-state index in [2.05, 4.69) is 5.32 Å². The van der Waals surface area contributed by atoms with E-state index in [4.69, 9.17) is 5.11 Å². The van der Waals surface area contributed by atoms with Gasteiger partial charge in [0.25, 0.3) is 0 Å². The fraction of sp³-hybridized carbons (Fsp3) is 0.867. The van der Waals surface area contributed by atoms with Crippen LogP contribution in [0.4, 0.5) is 0 Å². The van der Waals surface area contributed by atoms with Gasteiger partial charge in [-0.15, -0.1) is 0 Å². The van der Waals surface area contributed by atoms with Crippen molar-refractivity contribution in [2.75, 3.05) is 19.6 Å². The second-order valence-corrected chi connectivity index (χ2v) is 6.65. The molecular weight excluding hydrogens is 256 g/mol. The lowest BCUT2D eigenvalue weighted by molar-refractivity contribution is -0.142. The van der Waals surface area contributed by atoms with E-state index in [0.29, 0.717) is 6.54 Å². The fourth-order valence-electron chi connectivity index (χ4n) is 2.95. The van der Waals surface area contributed by atoms with E-state index in [1.807, 2.05) is 18.7 Å². The van der Waals surface area contributed by atoms with Crippen LogP contribution in [0.1, 0.15) is 39.5 Å². The molecule has 1 heterocycles. The summed E-state index contributed by atoms with van der Waals surface area (Å²) in [5.74, 6) is 0.209. The summed E-state index contributed by atoms with van der Waals surface area (Å²) in [4.78, 5) is 25.0. The van der Waals surface area contributed by atoms with Crippen molar-refractivity contribution in [3.05, 3.63) is 0 Å². The van der Waals surface area contributed by atoms with Crippen LogP contribution in [0.25, 0.3) is 0 Å². The topological polar surface area (TPSA) is 69.6 Å². The van der Waals surface area contributed by atoms with Crippen LogP contribution in [0.3, 0.4) is 0 Å². The molecule has 0 bridgehead atoms. The molecule has 0 aromatic carbocycles. The van der Waals surface area contributed by atoms with Gasteiger partial charge in [-0.3, -0.25) is 9.59 Å². The highest BCUT2D eigenvalue weighted by Crippen LogP contribution is 2.28. The maximum atomic E-state index is 12.2. The lowest BCUT2D eigenvalue weighted by Gasteiger charge is -2.38. The molecule has 20 heavy (non-hydrogen) atoms. The van der Waals surface area contributed by atoms with Gasteiger partial charge in [0, 0.05) is 31.5 Å². The lowest BCUT2D eigenvalue weighted by Crippen LogP contribution is -2.52. The zero-order valence-corrected chi connectivity index (χ0v) is 12.5. The molecule has 1 saturated carbocycles. The summed E-state index contributed by atoms with van der Waals surface area (Å²) in [6.07, 6.45) is 3.62. The van der Waals surface area contributed by atoms with Gasteiger partial charge in [-0.2, -0.15) is 0 Å². The third-order valence-corrected chi connectivity index (χ3v) is 4.20. The Morgan fingerprint density at radius 3 is 2.50 bits per heavy atom. The SMILES string of the molecule is CC(C)C(=O)N1CC(CC(=O)O)CC(NCC2CC2)C1. The number of hydrogen-bond acceptors (Lipinski definition) is 3. The van der Waals surface area contributed by atoms with E-state index in [-0.39, 0.29) is 30.2 Å². The molecule has 1 saturated heterocycles. The zero-order valence-electron chi connectivity index (χ0n) is 12.5. The van der Waals surface area contributed by atoms with E-state index in [1.165, 1.54) is 12.8 Å². The minimum Gasteiger partial charge on any atom is -0.481 e. The van der Waals surface area contributed by atoms with E-state index in [0.717, 1.165) is 25.4 Å². The molecule has 5 nitrogen and oxygen atoms in total. The van der Waals surface area contributed by atoms with E-state index in [9.17, 15) is 9.59 Å². The molecule has 2 atom stereocenters. The number of likely N-dealkylation sites (tertiary alicyclic amines) is 1. The summed E-state index contributed by atoms with van der Waals surface area (Å²) in [5.41, 5.74) is 0. The molecule has 0 aromatic heterocycles. The van der Waals surface area contributed by atoms with Crippen LogP contribution in [0.2, 0.25) is 0 Å². The minimum absolute atomic E-state index is 0.0253. The Morgan fingerprint density at radius 1 is 1.25 bits per heavy atom. The number of nitrogens with one attached hydrogen (secondary N) is 1. The number of amides is 1. The third kappa shape index (κ3) is 4.47. The Balaban J connectivity index is 1.93. The van der Waals surface area contributed by atoms with Crippen molar-refractivity contribution in [2.24, 2.45) is 17.8 Å². The van der Waals surface area contributed by atoms with Crippen LogP contribution >= 0.6 is 0 Å². The van der Waals surface area contributed by atoms with Crippen LogP contribution < -0.4 is 5.32 Å². The Kier molecular flexibility index (Phi) is 5.02. The Hall–Kier alpha value is -1.10. The molecule has 2 unspecified atom stereocenters. The monoisotopic (exact) mass is 282 g/mol. The Morgan fingerprint density at radius 2 is 1.95 bits per heavy atom. The first kappa shape index (κ1) is 15.3. The lowest BCUT2D eigenvalue weighted by atomic mass is 9.90. The Bertz CT molecular complexity index is 366. The van der Waals surface area contributed by atoms with Gasteiger partial charge in [-0.1, -0.05) is 13.8 Å². The molecule has 0 spiro atoms. The van der Waals surface area contributed by atoms with Gasteiger partial charge in [0.1, 0.15) is 0 Å². The fourth-order valence-corrected chi connectivity index (χ4v) is 2.95. The van der Waals surface area contributed by atoms with Crippen molar-refractivity contribution in [2.45, 2.75) is 45.6 Å². The molecule has 0 aromatic rings. The number of carboxylic acids is 1. The summed E-state index contributed by atoms with van der Waals surface area (Å²) in [7, 11) is 0. The molecule has 1 amide bonds. The van der Waals surface area contributed by atoms with Crippen molar-refractivity contribution < 1.29 is 14.7 Å². The number of piperidine rings is 1. The standard InChI is InChI=1S/C15H26N2O3/c1-10(2)15(20)17-8-12(6-14(18)19)5-13(9-17)16-7-11-3-4-11/h10-13,16H,3-9H2,1-2H3,(H,18,19). The number of carbonyl (C=O) groups is 2. The predicted octanol–water partition coefficient (Wildman–Crippen LogP) is 1.33. The van der Waals surface area contributed by atoms with Gasteiger partial charge in [0.2, 0.25) is 5.91 Å². The van der Waals surface area contributed by atoms with Crippen molar-refractivity contribution in [3.8, 4) is 0 Å². The first-order valence-corrected chi connectivity index (χ1v) is 7.69. The van der Waals surface area contributed by atoms with E-state index >= 15 is 0 Å². The van der Waals surface area contributed by atoms with Crippen molar-refractivity contribution >= 4 is 11.9 Å². The normalized spacial score (nSPS) is 26.9. The quantitative estimate of drug-likeness (QED) is 0.771. The van der Waals surface area contributed by atoms with Gasteiger partial charge in [-0.25, -0.2) is 0 Å². The number of hydrogen-bond donors (Lipinski definition) is 2. The number of carbonyl (C=O) groups excluding carboxylic acids is 1. The maximum absolute atomic E-state index is 12.2.